The first-order chi connectivity index (χ1) is 13.1. The maximum Gasteiger partial charge on any atom is 0.239 e. The van der Waals surface area contributed by atoms with E-state index in [0.29, 0.717) is 5.69 Å². The number of hydrogen-bond acceptors (Lipinski definition) is 4. The molecule has 1 N–H and O–H groups in total. The Balaban J connectivity index is 0.00000280. The molecule has 0 spiro atoms. The molecule has 1 aromatic carbocycles. The largest absolute Gasteiger partial charge is 0.361 e. The number of hydrogen-bond donors (Lipinski definition) is 1. The number of benzene rings is 1. The molecule has 1 aliphatic heterocycles. The van der Waals surface area contributed by atoms with Gasteiger partial charge in [-0.3, -0.25) is 4.79 Å². The third-order valence-corrected chi connectivity index (χ3v) is 5.08. The highest BCUT2D eigenvalue weighted by atomic mass is 35.5. The van der Waals surface area contributed by atoms with E-state index in [-0.39, 0.29) is 30.2 Å². The third kappa shape index (κ3) is 6.31. The molecule has 2 heterocycles. The molecule has 154 valence electrons. The first-order valence-corrected chi connectivity index (χ1v) is 9.83. The van der Waals surface area contributed by atoms with Gasteiger partial charge >= 0.3 is 0 Å². The smallest absolute Gasteiger partial charge is 0.239 e. The molecule has 5 nitrogen and oxygen atoms in total. The van der Waals surface area contributed by atoms with Crippen molar-refractivity contribution < 1.29 is 13.7 Å². The molecule has 2 aromatic rings. The molecular formula is C21H29ClFN3O2. The minimum atomic E-state index is -0.279. The Morgan fingerprint density at radius 1 is 1.29 bits per heavy atom. The molecule has 1 aromatic heterocycles. The normalized spacial score (nSPS) is 16.4. The summed E-state index contributed by atoms with van der Waals surface area (Å²) in [6.45, 7) is 1.72. The molecule has 0 bridgehead atoms. The molecule has 0 radical (unpaired) electrons. The molecule has 1 atom stereocenters. The van der Waals surface area contributed by atoms with E-state index in [2.05, 4.69) is 10.5 Å². The Hall–Kier alpha value is -1.92. The van der Waals surface area contributed by atoms with Gasteiger partial charge in [0.1, 0.15) is 17.3 Å². The molecule has 3 rings (SSSR count). The maximum atomic E-state index is 13.3. The number of carbonyl (C=O) groups excluding carboxylic acids is 1. The summed E-state index contributed by atoms with van der Waals surface area (Å²) in [6.07, 6.45) is 7.00. The fraction of sp³-hybridized carbons (Fsp3) is 0.524. The van der Waals surface area contributed by atoms with Gasteiger partial charge in [-0.1, -0.05) is 30.1 Å². The average Bonchev–Trinajstić information content (AvgIpc) is 3.16. The highest BCUT2D eigenvalue weighted by Crippen LogP contribution is 2.21. The number of nitrogens with one attached hydrogen (secondary N) is 1. The summed E-state index contributed by atoms with van der Waals surface area (Å²) in [4.78, 5) is 14.2. The second-order valence-electron chi connectivity index (χ2n) is 7.26. The lowest BCUT2D eigenvalue weighted by Gasteiger charge is -2.27. The highest BCUT2D eigenvalue weighted by molar-refractivity contribution is 5.85. The molecule has 1 saturated heterocycles. The van der Waals surface area contributed by atoms with Crippen LogP contribution in [0.5, 0.6) is 0 Å². The quantitative estimate of drug-likeness (QED) is 0.663. The summed E-state index contributed by atoms with van der Waals surface area (Å²) in [6, 6.07) is 8.23. The van der Waals surface area contributed by atoms with E-state index in [1.165, 1.54) is 12.1 Å². The van der Waals surface area contributed by atoms with Gasteiger partial charge in [-0.15, -0.1) is 12.4 Å². The van der Waals surface area contributed by atoms with Crippen molar-refractivity contribution in [2.75, 3.05) is 20.1 Å². The van der Waals surface area contributed by atoms with Crippen LogP contribution in [0.2, 0.25) is 0 Å². The highest BCUT2D eigenvalue weighted by Gasteiger charge is 2.23. The summed E-state index contributed by atoms with van der Waals surface area (Å²) >= 11 is 0. The number of aryl methyl sites for hydroxylation is 1. The molecule has 0 saturated carbocycles. The number of piperidine rings is 1. The Morgan fingerprint density at radius 2 is 2.14 bits per heavy atom. The standard InChI is InChI=1S/C21H28FN3O2.ClH/c1-25(21(26)19-11-4-5-12-23-19)13-6-2-3-10-18-15-20(24-27-18)16-8-7-9-17(22)14-16;/h7-9,14-15,19,23H,2-6,10-13H2,1H3;1H. The number of amides is 1. The van der Waals surface area contributed by atoms with Crippen molar-refractivity contribution in [3.05, 3.63) is 41.9 Å². The zero-order valence-electron chi connectivity index (χ0n) is 16.3. The van der Waals surface area contributed by atoms with Gasteiger partial charge in [-0.25, -0.2) is 4.39 Å². The van der Waals surface area contributed by atoms with E-state index in [9.17, 15) is 9.18 Å². The van der Waals surface area contributed by atoms with E-state index in [0.717, 1.165) is 69.4 Å². The van der Waals surface area contributed by atoms with Crippen LogP contribution in [-0.4, -0.2) is 42.1 Å². The van der Waals surface area contributed by atoms with Gasteiger partial charge < -0.3 is 14.7 Å². The van der Waals surface area contributed by atoms with Crippen molar-refractivity contribution >= 4 is 18.3 Å². The van der Waals surface area contributed by atoms with Gasteiger partial charge in [0.2, 0.25) is 5.91 Å². The number of nitrogens with zero attached hydrogens (tertiary/aromatic N) is 2. The van der Waals surface area contributed by atoms with Crippen LogP contribution in [0.25, 0.3) is 11.3 Å². The van der Waals surface area contributed by atoms with Crippen LogP contribution in [0.4, 0.5) is 4.39 Å². The van der Waals surface area contributed by atoms with E-state index in [4.69, 9.17) is 4.52 Å². The minimum Gasteiger partial charge on any atom is -0.361 e. The number of unbranched alkanes of at least 4 members (excludes halogenated alkanes) is 2. The van der Waals surface area contributed by atoms with Crippen molar-refractivity contribution in [3.8, 4) is 11.3 Å². The van der Waals surface area contributed by atoms with Crippen LogP contribution in [0.3, 0.4) is 0 Å². The Bertz CT molecular complexity index is 747. The van der Waals surface area contributed by atoms with Gasteiger partial charge in [0, 0.05) is 31.6 Å². The second kappa shape index (κ2) is 11.2. The Morgan fingerprint density at radius 3 is 2.89 bits per heavy atom. The number of rotatable bonds is 8. The molecule has 1 fully saturated rings. The Labute approximate surface area is 172 Å². The van der Waals surface area contributed by atoms with Gasteiger partial charge in [-0.05, 0) is 44.4 Å². The molecule has 1 aliphatic rings. The molecule has 1 unspecified atom stereocenters. The fourth-order valence-electron chi connectivity index (χ4n) is 3.48. The molecule has 7 heteroatoms. The zero-order valence-corrected chi connectivity index (χ0v) is 17.1. The van der Waals surface area contributed by atoms with E-state index >= 15 is 0 Å². The molecule has 28 heavy (non-hydrogen) atoms. The molecular weight excluding hydrogens is 381 g/mol. The minimum absolute atomic E-state index is 0. The van der Waals surface area contributed by atoms with Gasteiger partial charge in [0.15, 0.2) is 0 Å². The van der Waals surface area contributed by atoms with Crippen LogP contribution in [0.15, 0.2) is 34.9 Å². The van der Waals surface area contributed by atoms with E-state index in [1.54, 1.807) is 6.07 Å². The number of carbonyl (C=O) groups is 1. The number of likely N-dealkylation sites (N-methyl/N-ethyl adjacent to an activating group) is 1. The van der Waals surface area contributed by atoms with E-state index < -0.39 is 0 Å². The predicted octanol–water partition coefficient (Wildman–Crippen LogP) is 4.22. The number of halogens is 2. The lowest BCUT2D eigenvalue weighted by Crippen LogP contribution is -2.47. The van der Waals surface area contributed by atoms with Gasteiger partial charge in [0.25, 0.3) is 0 Å². The van der Waals surface area contributed by atoms with Gasteiger partial charge in [0.05, 0.1) is 6.04 Å². The predicted molar refractivity (Wildman–Crippen MR) is 110 cm³/mol. The summed E-state index contributed by atoms with van der Waals surface area (Å²) in [7, 11) is 1.89. The van der Waals surface area contributed by atoms with Crippen LogP contribution in [-0.2, 0) is 11.2 Å². The topological polar surface area (TPSA) is 58.4 Å². The summed E-state index contributed by atoms with van der Waals surface area (Å²) in [5.74, 6) is 0.744. The molecule has 1 amide bonds. The van der Waals surface area contributed by atoms with E-state index in [1.807, 2.05) is 24.1 Å². The van der Waals surface area contributed by atoms with Crippen molar-refractivity contribution in [1.82, 2.24) is 15.4 Å². The van der Waals surface area contributed by atoms with Crippen LogP contribution >= 0.6 is 12.4 Å². The van der Waals surface area contributed by atoms with Crippen molar-refractivity contribution in [3.63, 3.8) is 0 Å². The SMILES string of the molecule is CN(CCCCCc1cc(-c2cccc(F)c2)no1)C(=O)C1CCCCN1.Cl. The monoisotopic (exact) mass is 409 g/mol. The second-order valence-corrected chi connectivity index (χ2v) is 7.26. The summed E-state index contributed by atoms with van der Waals surface area (Å²) in [5.41, 5.74) is 1.39. The van der Waals surface area contributed by atoms with Gasteiger partial charge in [-0.2, -0.15) is 0 Å². The van der Waals surface area contributed by atoms with Crippen LogP contribution in [0, 0.1) is 5.82 Å². The maximum absolute atomic E-state index is 13.3. The zero-order chi connectivity index (χ0) is 19.1. The van der Waals surface area contributed by atoms with Crippen molar-refractivity contribution in [2.45, 2.75) is 51.0 Å². The summed E-state index contributed by atoms with van der Waals surface area (Å²) < 4.78 is 18.7. The van der Waals surface area contributed by atoms with Crippen LogP contribution in [0.1, 0.15) is 44.3 Å². The van der Waals surface area contributed by atoms with Crippen molar-refractivity contribution in [2.24, 2.45) is 0 Å². The lowest BCUT2D eigenvalue weighted by molar-refractivity contribution is -0.132. The Kier molecular flexibility index (Phi) is 8.93. The summed E-state index contributed by atoms with van der Waals surface area (Å²) in [5, 5.41) is 7.34. The number of aromatic nitrogens is 1. The molecule has 0 aliphatic carbocycles. The van der Waals surface area contributed by atoms with Crippen LogP contribution < -0.4 is 5.32 Å². The fourth-order valence-corrected chi connectivity index (χ4v) is 3.48. The lowest BCUT2D eigenvalue weighted by atomic mass is 10.0. The average molecular weight is 410 g/mol. The van der Waals surface area contributed by atoms with Crippen molar-refractivity contribution in [1.29, 1.82) is 0 Å². The third-order valence-electron chi connectivity index (χ3n) is 5.08. The first kappa shape index (κ1) is 22.4. The first-order valence-electron chi connectivity index (χ1n) is 9.83.